The summed E-state index contributed by atoms with van der Waals surface area (Å²) in [6, 6.07) is 3.93. The van der Waals surface area contributed by atoms with Crippen molar-refractivity contribution in [3.8, 4) is 5.75 Å². The van der Waals surface area contributed by atoms with Gasteiger partial charge in [-0.2, -0.15) is 0 Å². The van der Waals surface area contributed by atoms with Crippen molar-refractivity contribution in [1.82, 2.24) is 5.32 Å². The van der Waals surface area contributed by atoms with Crippen molar-refractivity contribution in [3.63, 3.8) is 0 Å². The second-order valence-corrected chi connectivity index (χ2v) is 5.69. The number of nitrogens with one attached hydrogen (secondary N) is 2. The molecule has 4 nitrogen and oxygen atoms in total. The average molecular weight is 348 g/mol. The summed E-state index contributed by atoms with van der Waals surface area (Å²) in [6.45, 7) is 2.71. The largest absolute Gasteiger partial charge is 0.491 e. The Morgan fingerprint density at radius 1 is 1.53 bits per heavy atom. The highest BCUT2D eigenvalue weighted by Gasteiger charge is 2.21. The first-order valence-corrected chi connectivity index (χ1v) is 7.42. The van der Waals surface area contributed by atoms with Gasteiger partial charge < -0.3 is 15.4 Å². The maximum atomic E-state index is 11.8. The van der Waals surface area contributed by atoms with E-state index in [0.717, 1.165) is 17.3 Å². The highest BCUT2D eigenvalue weighted by molar-refractivity contribution is 9.10. The number of benzene rings is 1. The van der Waals surface area contributed by atoms with E-state index in [1.165, 1.54) is 0 Å². The van der Waals surface area contributed by atoms with E-state index in [9.17, 15) is 4.79 Å². The number of anilines is 1. The fourth-order valence-electron chi connectivity index (χ4n) is 1.66. The van der Waals surface area contributed by atoms with Crippen LogP contribution in [-0.4, -0.2) is 25.1 Å². The van der Waals surface area contributed by atoms with Crippen molar-refractivity contribution in [2.75, 3.05) is 18.5 Å². The summed E-state index contributed by atoms with van der Waals surface area (Å²) in [5.74, 6) is 0.508. The molecule has 1 aliphatic rings. The summed E-state index contributed by atoms with van der Waals surface area (Å²) in [5, 5.41) is 6.52. The fraction of sp³-hybridized carbons (Fsp3) is 0.462. The lowest BCUT2D eigenvalue weighted by Crippen LogP contribution is -2.29. The van der Waals surface area contributed by atoms with Gasteiger partial charge in [-0.15, -0.1) is 0 Å². The van der Waals surface area contributed by atoms with Gasteiger partial charge >= 0.3 is 0 Å². The summed E-state index contributed by atoms with van der Waals surface area (Å²) in [7, 11) is 0. The van der Waals surface area contributed by atoms with E-state index in [-0.39, 0.29) is 5.91 Å². The monoisotopic (exact) mass is 346 g/mol. The molecule has 2 N–H and O–H groups in total. The zero-order valence-corrected chi connectivity index (χ0v) is 13.0. The summed E-state index contributed by atoms with van der Waals surface area (Å²) in [5.41, 5.74) is 0.587. The van der Waals surface area contributed by atoms with Crippen LogP contribution in [0.4, 0.5) is 5.69 Å². The Balaban J connectivity index is 2.05. The van der Waals surface area contributed by atoms with Crippen LogP contribution in [0.5, 0.6) is 5.75 Å². The molecule has 0 saturated heterocycles. The Morgan fingerprint density at radius 2 is 2.26 bits per heavy atom. The molecule has 1 aromatic rings. The summed E-state index contributed by atoms with van der Waals surface area (Å²) < 4.78 is 6.25. The van der Waals surface area contributed by atoms with Crippen molar-refractivity contribution in [2.45, 2.75) is 25.8 Å². The fourth-order valence-corrected chi connectivity index (χ4v) is 2.59. The minimum absolute atomic E-state index is 0.0954. The number of carbonyl (C=O) groups is 1. The van der Waals surface area contributed by atoms with Gasteiger partial charge in [0.1, 0.15) is 0 Å². The highest BCUT2D eigenvalue weighted by Crippen LogP contribution is 2.36. The first kappa shape index (κ1) is 14.6. The molecule has 0 bridgehead atoms. The molecule has 1 aromatic carbocycles. The number of amides is 1. The van der Waals surface area contributed by atoms with E-state index in [2.05, 4.69) is 26.6 Å². The van der Waals surface area contributed by atoms with Gasteiger partial charge in [-0.1, -0.05) is 11.6 Å². The topological polar surface area (TPSA) is 50.4 Å². The number of carbonyl (C=O) groups excluding carboxylic acids is 1. The summed E-state index contributed by atoms with van der Waals surface area (Å²) in [6.07, 6.45) is 2.31. The standard InChI is InChI=1S/C13H16BrClN2O2/c1-2-19-13-10(14)5-8(15)6-11(13)17-12(18)7-16-9-3-4-9/h5-6,9,16H,2-4,7H2,1H3,(H,17,18). The molecule has 1 aliphatic carbocycles. The van der Waals surface area contributed by atoms with Crippen molar-refractivity contribution in [2.24, 2.45) is 0 Å². The first-order chi connectivity index (χ1) is 9.10. The van der Waals surface area contributed by atoms with Crippen molar-refractivity contribution < 1.29 is 9.53 Å². The predicted molar refractivity (Wildman–Crippen MR) is 80.0 cm³/mol. The van der Waals surface area contributed by atoms with E-state index in [1.807, 2.05) is 6.92 Å². The van der Waals surface area contributed by atoms with Crippen molar-refractivity contribution >= 4 is 39.1 Å². The van der Waals surface area contributed by atoms with Gasteiger partial charge in [0.05, 0.1) is 23.3 Å². The second kappa shape index (κ2) is 6.59. The quantitative estimate of drug-likeness (QED) is 0.831. The minimum Gasteiger partial charge on any atom is -0.491 e. The van der Waals surface area contributed by atoms with Gasteiger partial charge in [0.2, 0.25) is 5.91 Å². The van der Waals surface area contributed by atoms with Crippen LogP contribution in [0.3, 0.4) is 0 Å². The maximum absolute atomic E-state index is 11.8. The molecular weight excluding hydrogens is 332 g/mol. The smallest absolute Gasteiger partial charge is 0.238 e. The molecular formula is C13H16BrClN2O2. The van der Waals surface area contributed by atoms with Crippen LogP contribution in [-0.2, 0) is 4.79 Å². The van der Waals surface area contributed by atoms with Crippen LogP contribution in [0.2, 0.25) is 5.02 Å². The van der Waals surface area contributed by atoms with E-state index < -0.39 is 0 Å². The molecule has 0 radical (unpaired) electrons. The van der Waals surface area contributed by atoms with E-state index in [0.29, 0.717) is 35.7 Å². The van der Waals surface area contributed by atoms with Gasteiger partial charge in [0.25, 0.3) is 0 Å². The molecule has 6 heteroatoms. The van der Waals surface area contributed by atoms with Crippen LogP contribution < -0.4 is 15.4 Å². The normalized spacial score (nSPS) is 14.3. The van der Waals surface area contributed by atoms with Crippen LogP contribution >= 0.6 is 27.5 Å². The number of hydrogen-bond donors (Lipinski definition) is 2. The molecule has 2 rings (SSSR count). The van der Waals surface area contributed by atoms with Crippen LogP contribution in [0, 0.1) is 0 Å². The summed E-state index contributed by atoms with van der Waals surface area (Å²) >= 11 is 9.38. The third kappa shape index (κ3) is 4.37. The lowest BCUT2D eigenvalue weighted by molar-refractivity contribution is -0.115. The van der Waals surface area contributed by atoms with Gasteiger partial charge in [0.15, 0.2) is 5.75 Å². The Hall–Kier alpha value is -0.780. The zero-order chi connectivity index (χ0) is 13.8. The molecule has 1 saturated carbocycles. The predicted octanol–water partition coefficient (Wildman–Crippen LogP) is 3.19. The van der Waals surface area contributed by atoms with E-state index in [4.69, 9.17) is 16.3 Å². The SMILES string of the molecule is CCOc1c(Br)cc(Cl)cc1NC(=O)CNC1CC1. The Labute approximate surface area is 126 Å². The maximum Gasteiger partial charge on any atom is 0.238 e. The minimum atomic E-state index is -0.0954. The molecule has 0 aliphatic heterocycles. The Morgan fingerprint density at radius 3 is 2.89 bits per heavy atom. The molecule has 1 amide bonds. The molecule has 0 spiro atoms. The first-order valence-electron chi connectivity index (χ1n) is 6.25. The van der Waals surface area contributed by atoms with E-state index >= 15 is 0 Å². The van der Waals surface area contributed by atoms with Crippen LogP contribution in [0.25, 0.3) is 0 Å². The van der Waals surface area contributed by atoms with Crippen molar-refractivity contribution in [3.05, 3.63) is 21.6 Å². The number of halogens is 2. The Kier molecular flexibility index (Phi) is 5.07. The molecule has 104 valence electrons. The van der Waals surface area contributed by atoms with Crippen LogP contribution in [0.15, 0.2) is 16.6 Å². The highest BCUT2D eigenvalue weighted by atomic mass is 79.9. The third-order valence-electron chi connectivity index (χ3n) is 2.70. The molecule has 19 heavy (non-hydrogen) atoms. The lowest BCUT2D eigenvalue weighted by Gasteiger charge is -2.14. The zero-order valence-electron chi connectivity index (χ0n) is 10.6. The average Bonchev–Trinajstić information content (AvgIpc) is 3.15. The number of rotatable bonds is 6. The van der Waals surface area contributed by atoms with Gasteiger partial charge in [-0.25, -0.2) is 0 Å². The molecule has 0 heterocycles. The molecule has 0 atom stereocenters. The summed E-state index contributed by atoms with van der Waals surface area (Å²) in [4.78, 5) is 11.8. The van der Waals surface area contributed by atoms with Crippen LogP contribution in [0.1, 0.15) is 19.8 Å². The number of ether oxygens (including phenoxy) is 1. The molecule has 0 aromatic heterocycles. The van der Waals surface area contributed by atoms with Crippen molar-refractivity contribution in [1.29, 1.82) is 0 Å². The second-order valence-electron chi connectivity index (χ2n) is 4.40. The Bertz CT molecular complexity index is 478. The number of hydrogen-bond acceptors (Lipinski definition) is 3. The van der Waals surface area contributed by atoms with Gasteiger partial charge in [-0.3, -0.25) is 4.79 Å². The molecule has 0 unspecified atom stereocenters. The lowest BCUT2D eigenvalue weighted by atomic mass is 10.3. The van der Waals surface area contributed by atoms with Gasteiger partial charge in [0, 0.05) is 11.1 Å². The third-order valence-corrected chi connectivity index (χ3v) is 3.51. The molecule has 1 fully saturated rings. The van der Waals surface area contributed by atoms with E-state index in [1.54, 1.807) is 12.1 Å². The van der Waals surface area contributed by atoms with Gasteiger partial charge in [-0.05, 0) is 47.8 Å².